The van der Waals surface area contributed by atoms with Crippen LogP contribution in [0.5, 0.6) is 17.2 Å². The van der Waals surface area contributed by atoms with Crippen molar-refractivity contribution >= 4 is 0 Å². The molecule has 0 saturated carbocycles. The molecule has 5 nitrogen and oxygen atoms in total. The molecule has 120 valence electrons. The van der Waals surface area contributed by atoms with Crippen molar-refractivity contribution in [2.75, 3.05) is 27.9 Å². The lowest BCUT2D eigenvalue weighted by molar-refractivity contribution is 0.256. The van der Waals surface area contributed by atoms with Crippen molar-refractivity contribution in [2.24, 2.45) is 0 Å². The largest absolute Gasteiger partial charge is 0.493 e. The Hall–Kier alpha value is -1.46. The van der Waals surface area contributed by atoms with Crippen LogP contribution in [-0.4, -0.2) is 39.1 Å². The molecule has 0 bridgehead atoms. The van der Waals surface area contributed by atoms with Gasteiger partial charge in [-0.05, 0) is 37.5 Å². The third-order valence-corrected chi connectivity index (χ3v) is 3.64. The Morgan fingerprint density at radius 2 is 1.67 bits per heavy atom. The summed E-state index contributed by atoms with van der Waals surface area (Å²) in [5, 5.41) is 12.6. The molecule has 0 aliphatic carbocycles. The fourth-order valence-corrected chi connectivity index (χ4v) is 2.36. The highest BCUT2D eigenvalue weighted by atomic mass is 16.5. The molecule has 2 N–H and O–H groups in total. The van der Waals surface area contributed by atoms with Crippen molar-refractivity contribution in [2.45, 2.75) is 38.8 Å². The molecule has 0 aromatic heterocycles. The van der Waals surface area contributed by atoms with Crippen molar-refractivity contribution in [1.29, 1.82) is 0 Å². The van der Waals surface area contributed by atoms with Gasteiger partial charge in [0, 0.05) is 18.7 Å². The number of rotatable bonds is 9. The Morgan fingerprint density at radius 1 is 1.10 bits per heavy atom. The van der Waals surface area contributed by atoms with Crippen LogP contribution in [0.25, 0.3) is 0 Å². The van der Waals surface area contributed by atoms with Crippen molar-refractivity contribution in [1.82, 2.24) is 5.32 Å². The van der Waals surface area contributed by atoms with Crippen molar-refractivity contribution in [3.63, 3.8) is 0 Å². The van der Waals surface area contributed by atoms with Gasteiger partial charge in [-0.25, -0.2) is 0 Å². The summed E-state index contributed by atoms with van der Waals surface area (Å²) in [6.07, 6.45) is 1.71. The minimum atomic E-state index is 0.121. The molecule has 1 rings (SSSR count). The molecule has 21 heavy (non-hydrogen) atoms. The molecule has 0 amide bonds. The van der Waals surface area contributed by atoms with Crippen LogP contribution in [0.3, 0.4) is 0 Å². The molecule has 1 aromatic rings. The molecule has 2 unspecified atom stereocenters. The molecule has 5 heteroatoms. The first-order chi connectivity index (χ1) is 10.1. The smallest absolute Gasteiger partial charge is 0.203 e. The van der Waals surface area contributed by atoms with Crippen LogP contribution >= 0.6 is 0 Å². The summed E-state index contributed by atoms with van der Waals surface area (Å²) >= 11 is 0. The number of ether oxygens (including phenoxy) is 3. The molecule has 2 atom stereocenters. The summed E-state index contributed by atoms with van der Waals surface area (Å²) in [6, 6.07) is 4.30. The maximum atomic E-state index is 9.09. The average Bonchev–Trinajstić information content (AvgIpc) is 2.52. The predicted molar refractivity (Wildman–Crippen MR) is 83.4 cm³/mol. The summed E-state index contributed by atoms with van der Waals surface area (Å²) in [5.41, 5.74) is 1.06. The van der Waals surface area contributed by atoms with Gasteiger partial charge >= 0.3 is 0 Å². The molecule has 0 aliphatic rings. The Labute approximate surface area is 127 Å². The van der Waals surface area contributed by atoms with Crippen molar-refractivity contribution < 1.29 is 19.3 Å². The Bertz CT molecular complexity index is 411. The van der Waals surface area contributed by atoms with Gasteiger partial charge in [-0.3, -0.25) is 0 Å². The topological polar surface area (TPSA) is 60.0 Å². The van der Waals surface area contributed by atoms with Gasteiger partial charge in [0.2, 0.25) is 5.75 Å². The summed E-state index contributed by atoms with van der Waals surface area (Å²) in [7, 11) is 4.82. The number of hydrogen-bond donors (Lipinski definition) is 2. The van der Waals surface area contributed by atoms with E-state index in [9.17, 15) is 0 Å². The van der Waals surface area contributed by atoms with Crippen molar-refractivity contribution in [3.8, 4) is 17.2 Å². The minimum Gasteiger partial charge on any atom is -0.493 e. The summed E-state index contributed by atoms with van der Waals surface area (Å²) in [5.74, 6) is 1.89. The second-order valence-corrected chi connectivity index (χ2v) is 4.96. The molecule has 0 heterocycles. The average molecular weight is 297 g/mol. The van der Waals surface area contributed by atoms with Crippen LogP contribution in [-0.2, 0) is 0 Å². The van der Waals surface area contributed by atoms with E-state index in [0.29, 0.717) is 17.2 Å². The van der Waals surface area contributed by atoms with E-state index in [0.717, 1.165) is 18.4 Å². The fraction of sp³-hybridized carbons (Fsp3) is 0.625. The monoisotopic (exact) mass is 297 g/mol. The number of methoxy groups -OCH3 is 3. The molecule has 0 radical (unpaired) electrons. The lowest BCUT2D eigenvalue weighted by atomic mass is 10.0. The van der Waals surface area contributed by atoms with Crippen molar-refractivity contribution in [3.05, 3.63) is 17.7 Å². The number of benzene rings is 1. The Morgan fingerprint density at radius 3 is 2.05 bits per heavy atom. The molecular weight excluding hydrogens is 270 g/mol. The zero-order valence-electron chi connectivity index (χ0n) is 13.6. The number of nitrogens with one attached hydrogen (secondary N) is 1. The quantitative estimate of drug-likeness (QED) is 0.733. The first-order valence-electron chi connectivity index (χ1n) is 7.28. The summed E-state index contributed by atoms with van der Waals surface area (Å²) in [4.78, 5) is 0. The second-order valence-electron chi connectivity index (χ2n) is 4.96. The maximum Gasteiger partial charge on any atom is 0.203 e. The zero-order valence-corrected chi connectivity index (χ0v) is 13.6. The van der Waals surface area contributed by atoms with E-state index >= 15 is 0 Å². The standard InChI is InChI=1S/C16H27NO4/c1-6-13(7-8-18)17-11(2)12-9-14(19-3)16(21-5)15(10-12)20-4/h9-11,13,17-18H,6-8H2,1-5H3. The van der Waals surface area contributed by atoms with E-state index in [-0.39, 0.29) is 18.7 Å². The molecule has 0 saturated heterocycles. The van der Waals surface area contributed by atoms with Gasteiger partial charge in [0.05, 0.1) is 21.3 Å². The number of aliphatic hydroxyl groups excluding tert-OH is 1. The van der Waals surface area contributed by atoms with Gasteiger partial charge < -0.3 is 24.6 Å². The zero-order chi connectivity index (χ0) is 15.8. The van der Waals surface area contributed by atoms with Crippen LogP contribution in [0.4, 0.5) is 0 Å². The first-order valence-corrected chi connectivity index (χ1v) is 7.28. The van der Waals surface area contributed by atoms with Gasteiger partial charge in [-0.2, -0.15) is 0 Å². The van der Waals surface area contributed by atoms with E-state index < -0.39 is 0 Å². The lowest BCUT2D eigenvalue weighted by Crippen LogP contribution is -2.31. The molecule has 0 fully saturated rings. The van der Waals surface area contributed by atoms with E-state index in [1.165, 1.54) is 0 Å². The third kappa shape index (κ3) is 4.51. The SMILES string of the molecule is CCC(CCO)NC(C)c1cc(OC)c(OC)c(OC)c1. The highest BCUT2D eigenvalue weighted by Crippen LogP contribution is 2.39. The highest BCUT2D eigenvalue weighted by Gasteiger charge is 2.18. The molecule has 0 spiro atoms. The third-order valence-electron chi connectivity index (χ3n) is 3.64. The maximum absolute atomic E-state index is 9.09. The number of aliphatic hydroxyl groups is 1. The summed E-state index contributed by atoms with van der Waals surface area (Å²) in [6.45, 7) is 4.38. The molecular formula is C16H27NO4. The van der Waals surface area contributed by atoms with Crippen LogP contribution in [0.2, 0.25) is 0 Å². The first kappa shape index (κ1) is 17.6. The molecule has 1 aromatic carbocycles. The fourth-order valence-electron chi connectivity index (χ4n) is 2.36. The van der Waals surface area contributed by atoms with Gasteiger partial charge in [-0.15, -0.1) is 0 Å². The van der Waals surface area contributed by atoms with Gasteiger partial charge in [0.25, 0.3) is 0 Å². The highest BCUT2D eigenvalue weighted by molar-refractivity contribution is 5.54. The van der Waals surface area contributed by atoms with E-state index in [4.69, 9.17) is 19.3 Å². The minimum absolute atomic E-state index is 0.121. The predicted octanol–water partition coefficient (Wildman–Crippen LogP) is 2.52. The van der Waals surface area contributed by atoms with E-state index in [2.05, 4.69) is 19.2 Å². The van der Waals surface area contributed by atoms with Crippen LogP contribution < -0.4 is 19.5 Å². The van der Waals surface area contributed by atoms with E-state index in [1.54, 1.807) is 21.3 Å². The van der Waals surface area contributed by atoms with Crippen LogP contribution in [0.15, 0.2) is 12.1 Å². The van der Waals surface area contributed by atoms with E-state index in [1.807, 2.05) is 12.1 Å². The molecule has 0 aliphatic heterocycles. The van der Waals surface area contributed by atoms with Crippen LogP contribution in [0, 0.1) is 0 Å². The Balaban J connectivity index is 3.01. The second kappa shape index (κ2) is 8.74. The summed E-state index contributed by atoms with van der Waals surface area (Å²) < 4.78 is 16.1. The lowest BCUT2D eigenvalue weighted by Gasteiger charge is -2.23. The van der Waals surface area contributed by atoms with Gasteiger partial charge in [0.15, 0.2) is 11.5 Å². The van der Waals surface area contributed by atoms with Gasteiger partial charge in [-0.1, -0.05) is 6.92 Å². The van der Waals surface area contributed by atoms with Crippen LogP contribution in [0.1, 0.15) is 38.3 Å². The normalized spacial score (nSPS) is 13.6. The van der Waals surface area contributed by atoms with Gasteiger partial charge in [0.1, 0.15) is 0 Å². The Kier molecular flexibility index (Phi) is 7.32. The number of hydrogen-bond acceptors (Lipinski definition) is 5.